The van der Waals surface area contributed by atoms with Crippen LogP contribution < -0.4 is 0 Å². The number of fused-ring (bicyclic) bond motifs is 1. The third-order valence-electron chi connectivity index (χ3n) is 2.39. The number of hydrogen-bond acceptors (Lipinski definition) is 2. The van der Waals surface area contributed by atoms with Crippen LogP contribution in [0.15, 0.2) is 24.7 Å². The molecule has 1 atom stereocenters. The largest absolute Gasteiger partial charge is 0.360 e. The molecular formula is C11H11BrN2O. The van der Waals surface area contributed by atoms with Gasteiger partial charge in [-0.25, -0.2) is 0 Å². The van der Waals surface area contributed by atoms with Gasteiger partial charge in [0, 0.05) is 35.1 Å². The Bertz CT molecular complexity index is 492. The minimum absolute atomic E-state index is 0.108. The van der Waals surface area contributed by atoms with E-state index in [1.54, 1.807) is 18.6 Å². The van der Waals surface area contributed by atoms with E-state index in [0.29, 0.717) is 5.56 Å². The van der Waals surface area contributed by atoms with Crippen molar-refractivity contribution in [2.45, 2.75) is 18.2 Å². The Morgan fingerprint density at radius 2 is 2.47 bits per heavy atom. The first-order chi connectivity index (χ1) is 7.24. The van der Waals surface area contributed by atoms with Gasteiger partial charge in [0.05, 0.1) is 4.83 Å². The number of H-pyrrole nitrogens is 1. The number of alkyl halides is 1. The fourth-order valence-corrected chi connectivity index (χ4v) is 1.77. The van der Waals surface area contributed by atoms with Gasteiger partial charge in [-0.2, -0.15) is 0 Å². The molecule has 78 valence electrons. The van der Waals surface area contributed by atoms with Crippen LogP contribution in [0.1, 0.15) is 23.7 Å². The van der Waals surface area contributed by atoms with Crippen LogP contribution in [0.25, 0.3) is 10.9 Å². The van der Waals surface area contributed by atoms with Gasteiger partial charge in [0.2, 0.25) is 0 Å². The van der Waals surface area contributed by atoms with Gasteiger partial charge in [-0.3, -0.25) is 9.78 Å². The highest BCUT2D eigenvalue weighted by Crippen LogP contribution is 2.21. The molecule has 0 bridgehead atoms. The van der Waals surface area contributed by atoms with E-state index < -0.39 is 0 Å². The number of pyridine rings is 1. The highest BCUT2D eigenvalue weighted by Gasteiger charge is 2.18. The third-order valence-corrected chi connectivity index (χ3v) is 3.45. The lowest BCUT2D eigenvalue weighted by Gasteiger charge is -2.03. The molecule has 0 radical (unpaired) electrons. The number of ketones is 1. The molecule has 15 heavy (non-hydrogen) atoms. The van der Waals surface area contributed by atoms with Gasteiger partial charge in [-0.05, 0) is 12.5 Å². The molecule has 4 heteroatoms. The summed E-state index contributed by atoms with van der Waals surface area (Å²) in [5.74, 6) is 0.108. The van der Waals surface area contributed by atoms with Gasteiger partial charge >= 0.3 is 0 Å². The van der Waals surface area contributed by atoms with Crippen molar-refractivity contribution in [1.82, 2.24) is 9.97 Å². The van der Waals surface area contributed by atoms with E-state index in [9.17, 15) is 4.79 Å². The standard InChI is InChI=1S/C11H11BrN2O/c1-2-9(12)11(15)8-6-14-10-3-4-13-5-7(8)10/h3-6,9,14H,2H2,1H3. The van der Waals surface area contributed by atoms with Crippen LogP contribution in [0.5, 0.6) is 0 Å². The molecule has 0 saturated carbocycles. The summed E-state index contributed by atoms with van der Waals surface area (Å²) < 4.78 is 0. The Labute approximate surface area is 96.0 Å². The second kappa shape index (κ2) is 4.14. The molecule has 0 aromatic carbocycles. The minimum Gasteiger partial charge on any atom is -0.360 e. The van der Waals surface area contributed by atoms with Crippen LogP contribution in [0.3, 0.4) is 0 Å². The lowest BCUT2D eigenvalue weighted by atomic mass is 10.1. The van der Waals surface area contributed by atoms with Gasteiger partial charge in [-0.1, -0.05) is 22.9 Å². The number of nitrogens with one attached hydrogen (secondary N) is 1. The molecule has 0 aliphatic carbocycles. The Morgan fingerprint density at radius 3 is 3.20 bits per heavy atom. The number of nitrogens with zero attached hydrogens (tertiary/aromatic N) is 1. The molecule has 2 rings (SSSR count). The Balaban J connectivity index is 2.48. The summed E-state index contributed by atoms with van der Waals surface area (Å²) in [6, 6.07) is 1.86. The number of hydrogen-bond donors (Lipinski definition) is 1. The van der Waals surface area contributed by atoms with Crippen LogP contribution in [0.2, 0.25) is 0 Å². The molecular weight excluding hydrogens is 256 g/mol. The van der Waals surface area contributed by atoms with Crippen molar-refractivity contribution in [2.24, 2.45) is 0 Å². The molecule has 0 fully saturated rings. The van der Waals surface area contributed by atoms with Gasteiger partial charge < -0.3 is 4.98 Å². The zero-order valence-corrected chi connectivity index (χ0v) is 9.91. The molecule has 1 N–H and O–H groups in total. The van der Waals surface area contributed by atoms with Gasteiger partial charge in [-0.15, -0.1) is 0 Å². The summed E-state index contributed by atoms with van der Waals surface area (Å²) >= 11 is 3.37. The summed E-state index contributed by atoms with van der Waals surface area (Å²) in [5.41, 5.74) is 1.66. The van der Waals surface area contributed by atoms with E-state index in [1.165, 1.54) is 0 Å². The van der Waals surface area contributed by atoms with Crippen LogP contribution in [0.4, 0.5) is 0 Å². The van der Waals surface area contributed by atoms with Crippen molar-refractivity contribution in [2.75, 3.05) is 0 Å². The van der Waals surface area contributed by atoms with Gasteiger partial charge in [0.15, 0.2) is 5.78 Å². The lowest BCUT2D eigenvalue weighted by molar-refractivity contribution is 0.0992. The van der Waals surface area contributed by atoms with Crippen molar-refractivity contribution < 1.29 is 4.79 Å². The molecule has 0 spiro atoms. The van der Waals surface area contributed by atoms with Gasteiger partial charge in [0.1, 0.15) is 0 Å². The van der Waals surface area contributed by atoms with Crippen molar-refractivity contribution in [3.8, 4) is 0 Å². The maximum atomic E-state index is 12.0. The quantitative estimate of drug-likeness (QED) is 0.686. The monoisotopic (exact) mass is 266 g/mol. The van der Waals surface area contributed by atoms with E-state index in [-0.39, 0.29) is 10.6 Å². The number of aromatic amines is 1. The average molecular weight is 267 g/mol. The third kappa shape index (κ3) is 1.81. The second-order valence-electron chi connectivity index (χ2n) is 3.36. The second-order valence-corrected chi connectivity index (χ2v) is 4.47. The van der Waals surface area contributed by atoms with Crippen LogP contribution in [-0.2, 0) is 0 Å². The van der Waals surface area contributed by atoms with E-state index >= 15 is 0 Å². The average Bonchev–Trinajstić information content (AvgIpc) is 2.70. The molecule has 3 nitrogen and oxygen atoms in total. The summed E-state index contributed by atoms with van der Waals surface area (Å²) in [6.45, 7) is 1.98. The highest BCUT2D eigenvalue weighted by molar-refractivity contribution is 9.10. The number of carbonyl (C=O) groups excluding carboxylic acids is 1. The van der Waals surface area contributed by atoms with Crippen LogP contribution >= 0.6 is 15.9 Å². The maximum absolute atomic E-state index is 12.0. The number of carbonyl (C=O) groups is 1. The first-order valence-electron chi connectivity index (χ1n) is 4.83. The predicted molar refractivity (Wildman–Crippen MR) is 63.4 cm³/mol. The molecule has 2 aromatic rings. The van der Waals surface area contributed by atoms with Crippen molar-refractivity contribution in [3.05, 3.63) is 30.2 Å². The van der Waals surface area contributed by atoms with Crippen molar-refractivity contribution in [3.63, 3.8) is 0 Å². The number of aromatic nitrogens is 2. The molecule has 2 aromatic heterocycles. The summed E-state index contributed by atoms with van der Waals surface area (Å²) in [5, 5.41) is 0.889. The molecule has 1 unspecified atom stereocenters. The Hall–Kier alpha value is -1.16. The Kier molecular flexibility index (Phi) is 2.86. The van der Waals surface area contributed by atoms with E-state index in [2.05, 4.69) is 25.9 Å². The first kappa shape index (κ1) is 10.4. The predicted octanol–water partition coefficient (Wildman–Crippen LogP) is 2.92. The lowest BCUT2D eigenvalue weighted by Crippen LogP contribution is -2.12. The smallest absolute Gasteiger partial charge is 0.178 e. The summed E-state index contributed by atoms with van der Waals surface area (Å²) in [6.07, 6.45) is 5.96. The number of halogens is 1. The molecule has 0 aliphatic heterocycles. The van der Waals surface area contributed by atoms with E-state index in [4.69, 9.17) is 0 Å². The fraction of sp³-hybridized carbons (Fsp3) is 0.273. The van der Waals surface area contributed by atoms with E-state index in [1.807, 2.05) is 13.0 Å². The highest BCUT2D eigenvalue weighted by atomic mass is 79.9. The van der Waals surface area contributed by atoms with Crippen molar-refractivity contribution >= 4 is 32.6 Å². The minimum atomic E-state index is -0.114. The molecule has 0 saturated heterocycles. The molecule has 2 heterocycles. The van der Waals surface area contributed by atoms with E-state index in [0.717, 1.165) is 17.3 Å². The SMILES string of the molecule is CCC(Br)C(=O)c1c[nH]c2ccncc12. The number of rotatable bonds is 3. The normalized spacial score (nSPS) is 12.9. The zero-order chi connectivity index (χ0) is 10.8. The summed E-state index contributed by atoms with van der Waals surface area (Å²) in [4.78, 5) is 18.9. The summed E-state index contributed by atoms with van der Waals surface area (Å²) in [7, 11) is 0. The van der Waals surface area contributed by atoms with Gasteiger partial charge in [0.25, 0.3) is 0 Å². The van der Waals surface area contributed by atoms with Crippen LogP contribution in [0, 0.1) is 0 Å². The first-order valence-corrected chi connectivity index (χ1v) is 5.75. The van der Waals surface area contributed by atoms with Crippen molar-refractivity contribution in [1.29, 1.82) is 0 Å². The molecule has 0 aliphatic rings. The molecule has 0 amide bonds. The maximum Gasteiger partial charge on any atom is 0.178 e. The zero-order valence-electron chi connectivity index (χ0n) is 8.33. The topological polar surface area (TPSA) is 45.8 Å². The number of Topliss-reactive ketones (excluding diaryl/α,β-unsaturated/α-hetero) is 1. The Morgan fingerprint density at radius 1 is 1.67 bits per heavy atom. The fourth-order valence-electron chi connectivity index (χ4n) is 1.52. The van der Waals surface area contributed by atoms with Crippen LogP contribution in [-0.4, -0.2) is 20.6 Å².